The van der Waals surface area contributed by atoms with Gasteiger partial charge in [-0.1, -0.05) is 80.3 Å². The van der Waals surface area contributed by atoms with Crippen LogP contribution in [-0.4, -0.2) is 9.97 Å². The van der Waals surface area contributed by atoms with Crippen molar-refractivity contribution >= 4 is 43.4 Å². The molecule has 0 spiro atoms. The molecule has 0 fully saturated rings. The summed E-state index contributed by atoms with van der Waals surface area (Å²) in [7, 11) is 0. The average molecular weight is 835 g/mol. The Balaban J connectivity index is 0.000000250. The maximum atomic E-state index is 6.59. The third kappa shape index (κ3) is 6.76. The van der Waals surface area contributed by atoms with Gasteiger partial charge in [-0.05, 0) is 89.3 Å². The van der Waals surface area contributed by atoms with E-state index in [4.69, 9.17) is 9.40 Å². The Kier molecular flexibility index (Phi) is 9.73. The van der Waals surface area contributed by atoms with Gasteiger partial charge in [0.2, 0.25) is 0 Å². The predicted molar refractivity (Wildman–Crippen MR) is 203 cm³/mol. The van der Waals surface area contributed by atoms with Crippen molar-refractivity contribution in [2.45, 2.75) is 53.9 Å². The zero-order valence-electron chi connectivity index (χ0n) is 28.9. The molecular formula is C44H38IrN2OS-2. The van der Waals surface area contributed by atoms with E-state index in [1.807, 2.05) is 55.7 Å². The largest absolute Gasteiger partial charge is 0.499 e. The number of fused-ring (bicyclic) bond motifs is 5. The summed E-state index contributed by atoms with van der Waals surface area (Å²) >= 11 is 1.79. The van der Waals surface area contributed by atoms with Gasteiger partial charge in [-0.15, -0.1) is 65.4 Å². The van der Waals surface area contributed by atoms with E-state index >= 15 is 0 Å². The van der Waals surface area contributed by atoms with E-state index < -0.39 is 0 Å². The number of furan rings is 1. The standard InChI is InChI=1S/C32H28NOS.C12H10N.Ir/c1-18-9-7-10-19(2)28(18)25-16-27(33-17-26(25)32(4,5)6)24-12-8-11-22-23-14-13-21-15-20(3)35-31(21)30(23)34-29(22)24;1-10-7-8-12(13-9-10)11-5-3-2-4-6-11;/h7-11,13-17H,1-6H3;2-5,7-9H,1H3;/q2*-1;. The predicted octanol–water partition coefficient (Wildman–Crippen LogP) is 12.4. The molecule has 0 saturated heterocycles. The number of hydrogen-bond donors (Lipinski definition) is 0. The minimum atomic E-state index is -0.0344. The van der Waals surface area contributed by atoms with E-state index in [0.717, 1.165) is 44.5 Å². The first-order chi connectivity index (χ1) is 23.1. The SMILES string of the molecule is Cc1cc2ccc3c4cc[c-]c(-c5cc(-c6c(C)cccc6C)c(C(C)(C)C)cn5)c4oc3c2s1.Cc1ccc(-c2[c-]cccc2)nc1.[Ir]. The van der Waals surface area contributed by atoms with Gasteiger partial charge in [-0.25, -0.2) is 0 Å². The summed E-state index contributed by atoms with van der Waals surface area (Å²) in [5.41, 5.74) is 13.1. The van der Waals surface area contributed by atoms with Gasteiger partial charge in [-0.3, -0.25) is 0 Å². The second-order valence-electron chi connectivity index (χ2n) is 13.5. The quantitative estimate of drug-likeness (QED) is 0.166. The Morgan fingerprint density at radius 2 is 1.45 bits per heavy atom. The summed E-state index contributed by atoms with van der Waals surface area (Å²) in [5.74, 6) is 0. The maximum Gasteiger partial charge on any atom is 0.138 e. The number of hydrogen-bond acceptors (Lipinski definition) is 4. The first-order valence-corrected chi connectivity index (χ1v) is 17.1. The van der Waals surface area contributed by atoms with E-state index in [9.17, 15) is 0 Å². The summed E-state index contributed by atoms with van der Waals surface area (Å²) in [6.45, 7) is 15.3. The molecule has 49 heavy (non-hydrogen) atoms. The van der Waals surface area contributed by atoms with Gasteiger partial charge in [0.15, 0.2) is 0 Å². The molecule has 4 aromatic carbocycles. The molecule has 0 N–H and O–H groups in total. The fraction of sp³-hybridized carbons (Fsp3) is 0.182. The number of pyridine rings is 2. The molecule has 0 bridgehead atoms. The van der Waals surface area contributed by atoms with Crippen LogP contribution in [0.15, 0.2) is 108 Å². The minimum absolute atomic E-state index is 0. The van der Waals surface area contributed by atoms with Crippen LogP contribution in [0.2, 0.25) is 0 Å². The monoisotopic (exact) mass is 835 g/mol. The summed E-state index contributed by atoms with van der Waals surface area (Å²) < 4.78 is 7.80. The molecule has 0 aliphatic heterocycles. The second kappa shape index (κ2) is 13.8. The number of aryl methyl sites for hydroxylation is 4. The Bertz CT molecular complexity index is 2400. The van der Waals surface area contributed by atoms with E-state index in [2.05, 4.69) is 113 Å². The summed E-state index contributed by atoms with van der Waals surface area (Å²) in [5, 5.41) is 3.48. The second-order valence-corrected chi connectivity index (χ2v) is 14.8. The van der Waals surface area contributed by atoms with Crippen LogP contribution in [0.4, 0.5) is 0 Å². The molecule has 0 unspecified atom stereocenters. The Morgan fingerprint density at radius 3 is 2.14 bits per heavy atom. The normalized spacial score (nSPS) is 11.4. The first-order valence-electron chi connectivity index (χ1n) is 16.3. The van der Waals surface area contributed by atoms with Crippen LogP contribution >= 0.6 is 11.3 Å². The molecule has 247 valence electrons. The molecule has 8 aromatic rings. The number of aromatic nitrogens is 2. The van der Waals surface area contributed by atoms with Gasteiger partial charge in [0.1, 0.15) is 5.58 Å². The van der Waals surface area contributed by atoms with Crippen molar-refractivity contribution in [3.63, 3.8) is 0 Å². The number of rotatable bonds is 3. The third-order valence-electron chi connectivity index (χ3n) is 8.82. The molecule has 3 nitrogen and oxygen atoms in total. The Morgan fingerprint density at radius 1 is 0.694 bits per heavy atom. The molecule has 0 saturated carbocycles. The van der Waals surface area contributed by atoms with Crippen LogP contribution in [-0.2, 0) is 25.5 Å². The first kappa shape index (κ1) is 34.5. The van der Waals surface area contributed by atoms with Gasteiger partial charge >= 0.3 is 0 Å². The van der Waals surface area contributed by atoms with Crippen molar-refractivity contribution in [1.29, 1.82) is 0 Å². The van der Waals surface area contributed by atoms with Gasteiger partial charge in [0.05, 0.1) is 10.3 Å². The van der Waals surface area contributed by atoms with Crippen LogP contribution in [0.3, 0.4) is 0 Å². The van der Waals surface area contributed by atoms with Gasteiger partial charge in [0.25, 0.3) is 0 Å². The maximum absolute atomic E-state index is 6.59. The molecule has 5 heteroatoms. The molecule has 1 radical (unpaired) electrons. The van der Waals surface area contributed by atoms with E-state index in [-0.39, 0.29) is 25.5 Å². The number of benzene rings is 4. The Hall–Kier alpha value is -4.41. The Labute approximate surface area is 306 Å². The average Bonchev–Trinajstić information content (AvgIpc) is 3.65. The van der Waals surface area contributed by atoms with Crippen LogP contribution in [0.25, 0.3) is 65.7 Å². The van der Waals surface area contributed by atoms with Crippen molar-refractivity contribution in [2.75, 3.05) is 0 Å². The molecule has 0 aliphatic rings. The van der Waals surface area contributed by atoms with Crippen LogP contribution < -0.4 is 0 Å². The van der Waals surface area contributed by atoms with E-state index in [1.165, 1.54) is 48.3 Å². The van der Waals surface area contributed by atoms with Crippen LogP contribution in [0, 0.1) is 39.8 Å². The van der Waals surface area contributed by atoms with Crippen LogP contribution in [0.5, 0.6) is 0 Å². The molecule has 8 rings (SSSR count). The fourth-order valence-electron chi connectivity index (χ4n) is 6.43. The molecule has 0 amide bonds. The van der Waals surface area contributed by atoms with Gasteiger partial charge in [-0.2, -0.15) is 0 Å². The molecule has 0 atom stereocenters. The summed E-state index contributed by atoms with van der Waals surface area (Å²) in [6, 6.07) is 38.0. The zero-order chi connectivity index (χ0) is 33.6. The van der Waals surface area contributed by atoms with Crippen molar-refractivity contribution in [3.8, 4) is 33.6 Å². The number of nitrogens with zero attached hydrogens (tertiary/aromatic N) is 2. The fourth-order valence-corrected chi connectivity index (χ4v) is 7.43. The van der Waals surface area contributed by atoms with Crippen molar-refractivity contribution in [2.24, 2.45) is 0 Å². The van der Waals surface area contributed by atoms with Gasteiger partial charge < -0.3 is 14.4 Å². The summed E-state index contributed by atoms with van der Waals surface area (Å²) in [4.78, 5) is 10.6. The molecular weight excluding hydrogens is 797 g/mol. The molecule has 4 heterocycles. The van der Waals surface area contributed by atoms with E-state index in [1.54, 1.807) is 11.3 Å². The van der Waals surface area contributed by atoms with Crippen LogP contribution in [0.1, 0.15) is 47.9 Å². The van der Waals surface area contributed by atoms with Crippen molar-refractivity contribution < 1.29 is 24.5 Å². The topological polar surface area (TPSA) is 38.9 Å². The van der Waals surface area contributed by atoms with E-state index in [0.29, 0.717) is 0 Å². The minimum Gasteiger partial charge on any atom is -0.499 e. The van der Waals surface area contributed by atoms with Crippen molar-refractivity contribution in [1.82, 2.24) is 9.97 Å². The molecule has 4 aromatic heterocycles. The summed E-state index contributed by atoms with van der Waals surface area (Å²) in [6.07, 6.45) is 3.92. The van der Waals surface area contributed by atoms with Crippen molar-refractivity contribution in [3.05, 3.63) is 143 Å². The van der Waals surface area contributed by atoms with Gasteiger partial charge in [0, 0.05) is 42.8 Å². The molecule has 0 aliphatic carbocycles. The smallest absolute Gasteiger partial charge is 0.138 e. The zero-order valence-corrected chi connectivity index (χ0v) is 32.1. The number of thiophene rings is 1. The third-order valence-corrected chi connectivity index (χ3v) is 9.89.